The second-order valence-electron chi connectivity index (χ2n) is 4.70. The Bertz CT molecular complexity index is 572. The van der Waals surface area contributed by atoms with Crippen molar-refractivity contribution in [2.24, 2.45) is 0 Å². The number of carboxylic acid groups (broad SMARTS) is 1. The molecule has 1 aromatic carbocycles. The van der Waals surface area contributed by atoms with E-state index in [0.29, 0.717) is 23.8 Å². The van der Waals surface area contributed by atoms with Crippen LogP contribution in [0.5, 0.6) is 5.75 Å². The fraction of sp³-hybridized carbons (Fsp3) is 0.400. The average Bonchev–Trinajstić information content (AvgIpc) is 2.75. The maximum Gasteiger partial charge on any atom is 0.304 e. The van der Waals surface area contributed by atoms with Crippen molar-refractivity contribution in [1.29, 1.82) is 0 Å². The maximum atomic E-state index is 12.3. The largest absolute Gasteiger partial charge is 0.494 e. The van der Waals surface area contributed by atoms with Crippen LogP contribution in [0.1, 0.15) is 19.8 Å². The minimum absolute atomic E-state index is 0.0221. The number of benzene rings is 1. The van der Waals surface area contributed by atoms with Crippen molar-refractivity contribution in [3.8, 4) is 5.75 Å². The first-order valence-corrected chi connectivity index (χ1v) is 8.01. The van der Waals surface area contributed by atoms with Crippen LogP contribution < -0.4 is 9.64 Å². The first-order chi connectivity index (χ1) is 10.5. The molecule has 7 heteroatoms. The zero-order chi connectivity index (χ0) is 16.1. The van der Waals surface area contributed by atoms with Crippen LogP contribution in [0.2, 0.25) is 0 Å². The van der Waals surface area contributed by atoms with Gasteiger partial charge < -0.3 is 9.84 Å². The zero-order valence-electron chi connectivity index (χ0n) is 12.2. The van der Waals surface area contributed by atoms with Crippen LogP contribution >= 0.6 is 11.8 Å². The molecule has 1 saturated heterocycles. The van der Waals surface area contributed by atoms with Crippen LogP contribution in [-0.4, -0.2) is 40.5 Å². The topological polar surface area (TPSA) is 83.9 Å². The van der Waals surface area contributed by atoms with Crippen molar-refractivity contribution in [3.63, 3.8) is 0 Å². The second-order valence-corrected chi connectivity index (χ2v) is 6.01. The minimum atomic E-state index is -0.910. The number of hydrogen-bond donors (Lipinski definition) is 1. The van der Waals surface area contributed by atoms with E-state index in [2.05, 4.69) is 0 Å². The summed E-state index contributed by atoms with van der Waals surface area (Å²) >= 11 is 1.22. The van der Waals surface area contributed by atoms with Crippen molar-refractivity contribution in [2.75, 3.05) is 17.3 Å². The van der Waals surface area contributed by atoms with Crippen LogP contribution in [0, 0.1) is 0 Å². The summed E-state index contributed by atoms with van der Waals surface area (Å²) in [6, 6.07) is 6.77. The number of imide groups is 1. The molecule has 6 nitrogen and oxygen atoms in total. The first kappa shape index (κ1) is 16.4. The third kappa shape index (κ3) is 3.79. The molecule has 0 aromatic heterocycles. The number of carbonyl (C=O) groups excluding carboxylic acids is 2. The third-order valence-electron chi connectivity index (χ3n) is 3.15. The van der Waals surface area contributed by atoms with Gasteiger partial charge >= 0.3 is 5.97 Å². The van der Waals surface area contributed by atoms with Gasteiger partial charge in [-0.25, -0.2) is 4.90 Å². The fourth-order valence-corrected chi connectivity index (χ4v) is 3.24. The highest BCUT2D eigenvalue weighted by atomic mass is 32.2. The molecule has 22 heavy (non-hydrogen) atoms. The van der Waals surface area contributed by atoms with Gasteiger partial charge in [0.25, 0.3) is 0 Å². The number of carboxylic acids is 1. The standard InChI is InChI=1S/C15H17NO5S/c1-2-21-11-5-3-10(4-6-11)16-13(17)9-12(15(16)20)22-8-7-14(18)19/h3-6,12H,2,7-9H2,1H3,(H,18,19)/t12-/m0/s1. The molecule has 1 heterocycles. The van der Waals surface area contributed by atoms with E-state index in [4.69, 9.17) is 9.84 Å². The van der Waals surface area contributed by atoms with Crippen molar-refractivity contribution in [2.45, 2.75) is 25.0 Å². The van der Waals surface area contributed by atoms with Crippen LogP contribution in [0.25, 0.3) is 0 Å². The molecule has 0 aliphatic carbocycles. The number of anilines is 1. The normalized spacial score (nSPS) is 17.9. The van der Waals surface area contributed by atoms with Crippen LogP contribution in [0.3, 0.4) is 0 Å². The summed E-state index contributed by atoms with van der Waals surface area (Å²) in [5, 5.41) is 8.12. The maximum absolute atomic E-state index is 12.3. The summed E-state index contributed by atoms with van der Waals surface area (Å²) in [4.78, 5) is 36.0. The summed E-state index contributed by atoms with van der Waals surface area (Å²) in [7, 11) is 0. The van der Waals surface area contributed by atoms with Gasteiger partial charge in [0.1, 0.15) is 5.75 Å². The number of nitrogens with zero attached hydrogens (tertiary/aromatic N) is 1. The lowest BCUT2D eigenvalue weighted by atomic mass is 10.3. The molecule has 1 aromatic rings. The number of ether oxygens (including phenoxy) is 1. The van der Waals surface area contributed by atoms with Crippen molar-refractivity contribution < 1.29 is 24.2 Å². The highest BCUT2D eigenvalue weighted by molar-refractivity contribution is 8.00. The van der Waals surface area contributed by atoms with Crippen molar-refractivity contribution >= 4 is 35.2 Å². The van der Waals surface area contributed by atoms with Gasteiger partial charge in [0.05, 0.1) is 24.0 Å². The number of amides is 2. The van der Waals surface area contributed by atoms with Gasteiger partial charge in [0, 0.05) is 12.2 Å². The summed E-state index contributed by atoms with van der Waals surface area (Å²) in [6.07, 6.45) is 0.0853. The van der Waals surface area contributed by atoms with Crippen molar-refractivity contribution in [3.05, 3.63) is 24.3 Å². The molecule has 0 radical (unpaired) electrons. The van der Waals surface area contributed by atoms with Crippen LogP contribution in [0.15, 0.2) is 24.3 Å². The Morgan fingerprint density at radius 1 is 1.36 bits per heavy atom. The molecule has 1 aliphatic heterocycles. The Balaban J connectivity index is 2.03. The van der Waals surface area contributed by atoms with E-state index >= 15 is 0 Å². The lowest BCUT2D eigenvalue weighted by Gasteiger charge is -2.15. The van der Waals surface area contributed by atoms with E-state index in [1.54, 1.807) is 24.3 Å². The fourth-order valence-electron chi connectivity index (χ4n) is 2.15. The van der Waals surface area contributed by atoms with E-state index in [1.165, 1.54) is 11.8 Å². The minimum Gasteiger partial charge on any atom is -0.494 e. The van der Waals surface area contributed by atoms with Gasteiger partial charge in [-0.1, -0.05) is 0 Å². The molecule has 1 aliphatic rings. The van der Waals surface area contributed by atoms with Gasteiger partial charge in [0.15, 0.2) is 0 Å². The van der Waals surface area contributed by atoms with Crippen LogP contribution in [0.4, 0.5) is 5.69 Å². The lowest BCUT2D eigenvalue weighted by molar-refractivity contribution is -0.136. The third-order valence-corrected chi connectivity index (χ3v) is 4.36. The van der Waals surface area contributed by atoms with Gasteiger partial charge in [-0.2, -0.15) is 0 Å². The molecule has 1 fully saturated rings. The quantitative estimate of drug-likeness (QED) is 0.772. The molecule has 1 N–H and O–H groups in total. The summed E-state index contributed by atoms with van der Waals surface area (Å²) < 4.78 is 5.33. The van der Waals surface area contributed by atoms with Gasteiger partial charge in [0.2, 0.25) is 11.8 Å². The van der Waals surface area contributed by atoms with E-state index in [0.717, 1.165) is 4.90 Å². The number of rotatable bonds is 7. The van der Waals surface area contributed by atoms with Gasteiger partial charge in [-0.3, -0.25) is 14.4 Å². The Morgan fingerprint density at radius 2 is 2.05 bits per heavy atom. The van der Waals surface area contributed by atoms with Crippen LogP contribution in [-0.2, 0) is 14.4 Å². The molecule has 118 valence electrons. The molecule has 1 atom stereocenters. The van der Waals surface area contributed by atoms with Crippen molar-refractivity contribution in [1.82, 2.24) is 0 Å². The molecule has 0 spiro atoms. The zero-order valence-corrected chi connectivity index (χ0v) is 13.0. The molecule has 2 amide bonds. The predicted molar refractivity (Wildman–Crippen MR) is 83.2 cm³/mol. The first-order valence-electron chi connectivity index (χ1n) is 6.96. The van der Waals surface area contributed by atoms with E-state index in [9.17, 15) is 14.4 Å². The summed E-state index contributed by atoms with van der Waals surface area (Å²) in [6.45, 7) is 2.42. The molecule has 0 saturated carbocycles. The highest BCUT2D eigenvalue weighted by Gasteiger charge is 2.39. The lowest BCUT2D eigenvalue weighted by Crippen LogP contribution is -2.31. The second kappa shape index (κ2) is 7.31. The Hall–Kier alpha value is -2.02. The molecule has 2 rings (SSSR count). The van der Waals surface area contributed by atoms with Gasteiger partial charge in [-0.15, -0.1) is 11.8 Å². The smallest absolute Gasteiger partial charge is 0.304 e. The van der Waals surface area contributed by atoms with Gasteiger partial charge in [-0.05, 0) is 31.2 Å². The number of thioether (sulfide) groups is 1. The van der Waals surface area contributed by atoms with E-state index in [-0.39, 0.29) is 24.7 Å². The Morgan fingerprint density at radius 3 is 2.64 bits per heavy atom. The van der Waals surface area contributed by atoms with E-state index < -0.39 is 11.2 Å². The Labute approximate surface area is 132 Å². The molecule has 0 bridgehead atoms. The summed E-state index contributed by atoms with van der Waals surface area (Å²) in [5.41, 5.74) is 0.514. The summed E-state index contributed by atoms with van der Waals surface area (Å²) in [5.74, 6) is -0.465. The molecule has 0 unspecified atom stereocenters. The molecular formula is C15H17NO5S. The number of carbonyl (C=O) groups is 3. The molecular weight excluding hydrogens is 306 g/mol. The SMILES string of the molecule is CCOc1ccc(N2C(=O)C[C@H](SCCC(=O)O)C2=O)cc1. The number of aliphatic carboxylic acids is 1. The Kier molecular flexibility index (Phi) is 5.43. The number of hydrogen-bond acceptors (Lipinski definition) is 5. The monoisotopic (exact) mass is 323 g/mol. The highest BCUT2D eigenvalue weighted by Crippen LogP contribution is 2.30. The van der Waals surface area contributed by atoms with E-state index in [1.807, 2.05) is 6.92 Å². The predicted octanol–water partition coefficient (Wildman–Crippen LogP) is 1.93. The average molecular weight is 323 g/mol.